The molecule has 10 aromatic carbocycles. The van der Waals surface area contributed by atoms with Crippen molar-refractivity contribution in [2.75, 3.05) is 0 Å². The number of rotatable bonds is 6. The monoisotopic (exact) mass is 779 g/mol. The van der Waals surface area contributed by atoms with Crippen LogP contribution < -0.4 is 5.32 Å². The van der Waals surface area contributed by atoms with Crippen molar-refractivity contribution in [2.24, 2.45) is 9.98 Å². The number of nitrogens with one attached hydrogen (secondary N) is 1. The van der Waals surface area contributed by atoms with Crippen LogP contribution in [0, 0.1) is 0 Å². The lowest BCUT2D eigenvalue weighted by Gasteiger charge is -2.24. The van der Waals surface area contributed by atoms with Crippen molar-refractivity contribution in [2.45, 2.75) is 6.17 Å². The van der Waals surface area contributed by atoms with Crippen LogP contribution in [0.4, 0.5) is 0 Å². The highest BCUT2D eigenvalue weighted by Gasteiger charge is 2.24. The fraction of sp³-hybridized carbons (Fsp3) is 0.0175. The molecule has 12 rings (SSSR count). The standard InChI is InChI=1S/C57H37N3O/c1-3-14-36(15-4-1)40-22-13-23-44(33-40)56-58-55(38-17-5-2-6-18-38)59-57(60-56)50-31-29-48(46-24-11-12-25-47(46)50)49-30-28-45(43-27-26-37-16-7-8-19-39(37)32-43)54-53(49)51-34-41-20-9-10-21-42(41)35-52(51)61-54/h1-35,55H,(H,58,59,60). The third kappa shape index (κ3) is 6.08. The van der Waals surface area contributed by atoms with E-state index in [9.17, 15) is 0 Å². The molecular formula is C57H37N3O. The molecule has 0 aliphatic carbocycles. The van der Waals surface area contributed by atoms with Gasteiger partial charge in [0.1, 0.15) is 23.2 Å². The first-order valence-corrected chi connectivity index (χ1v) is 20.8. The Kier molecular flexibility index (Phi) is 8.20. The molecule has 1 unspecified atom stereocenters. The molecular weight excluding hydrogens is 743 g/mol. The molecule has 0 amide bonds. The van der Waals surface area contributed by atoms with Gasteiger partial charge in [-0.15, -0.1) is 0 Å². The second-order valence-electron chi connectivity index (χ2n) is 15.7. The average molecular weight is 780 g/mol. The van der Waals surface area contributed by atoms with E-state index in [-0.39, 0.29) is 6.17 Å². The smallest absolute Gasteiger partial charge is 0.160 e. The average Bonchev–Trinajstić information content (AvgIpc) is 3.71. The summed E-state index contributed by atoms with van der Waals surface area (Å²) in [5, 5.41) is 12.8. The van der Waals surface area contributed by atoms with Gasteiger partial charge >= 0.3 is 0 Å². The quantitative estimate of drug-likeness (QED) is 0.183. The third-order valence-electron chi connectivity index (χ3n) is 12.1. The van der Waals surface area contributed by atoms with Gasteiger partial charge in [-0.25, -0.2) is 9.98 Å². The lowest BCUT2D eigenvalue weighted by atomic mass is 9.89. The molecule has 0 saturated heterocycles. The van der Waals surface area contributed by atoms with Gasteiger partial charge in [-0.2, -0.15) is 0 Å². The maximum absolute atomic E-state index is 6.95. The first-order valence-electron chi connectivity index (χ1n) is 20.8. The Bertz CT molecular complexity index is 3570. The number of aliphatic imine (C=N–C) groups is 2. The van der Waals surface area contributed by atoms with E-state index in [1.807, 2.05) is 12.1 Å². The van der Waals surface area contributed by atoms with Crippen LogP contribution in [0.15, 0.2) is 227 Å². The number of amidine groups is 2. The lowest BCUT2D eigenvalue weighted by molar-refractivity contribution is 0.670. The van der Waals surface area contributed by atoms with Crippen LogP contribution in [-0.4, -0.2) is 11.7 Å². The molecule has 1 atom stereocenters. The summed E-state index contributed by atoms with van der Waals surface area (Å²) in [4.78, 5) is 10.6. The van der Waals surface area contributed by atoms with Gasteiger partial charge in [-0.05, 0) is 102 Å². The fourth-order valence-corrected chi connectivity index (χ4v) is 9.10. The first-order chi connectivity index (χ1) is 30.2. The summed E-state index contributed by atoms with van der Waals surface area (Å²) in [5.74, 6) is 1.47. The molecule has 0 radical (unpaired) electrons. The molecule has 1 aromatic heterocycles. The van der Waals surface area contributed by atoms with E-state index in [2.05, 4.69) is 206 Å². The fourth-order valence-electron chi connectivity index (χ4n) is 9.10. The Morgan fingerprint density at radius 3 is 1.80 bits per heavy atom. The highest BCUT2D eigenvalue weighted by atomic mass is 16.3. The van der Waals surface area contributed by atoms with Gasteiger partial charge < -0.3 is 9.73 Å². The zero-order valence-corrected chi connectivity index (χ0v) is 33.1. The van der Waals surface area contributed by atoms with Crippen LogP contribution in [0.25, 0.3) is 87.6 Å². The molecule has 2 heterocycles. The number of benzene rings is 10. The van der Waals surface area contributed by atoms with Gasteiger partial charge in [0.05, 0.1) is 0 Å². The van der Waals surface area contributed by atoms with E-state index in [0.717, 1.165) is 94.0 Å². The Morgan fingerprint density at radius 2 is 1.00 bits per heavy atom. The minimum atomic E-state index is -0.322. The van der Waals surface area contributed by atoms with Crippen LogP contribution in [0.2, 0.25) is 0 Å². The van der Waals surface area contributed by atoms with E-state index in [1.54, 1.807) is 0 Å². The van der Waals surface area contributed by atoms with Crippen LogP contribution in [0.1, 0.15) is 22.9 Å². The topological polar surface area (TPSA) is 49.9 Å². The van der Waals surface area contributed by atoms with E-state index < -0.39 is 0 Å². The molecule has 4 nitrogen and oxygen atoms in total. The maximum atomic E-state index is 6.95. The molecule has 4 heteroatoms. The van der Waals surface area contributed by atoms with Crippen molar-refractivity contribution in [3.8, 4) is 33.4 Å². The molecule has 0 bridgehead atoms. The van der Waals surface area contributed by atoms with E-state index in [1.165, 1.54) is 16.2 Å². The summed E-state index contributed by atoms with van der Waals surface area (Å²) < 4.78 is 6.95. The van der Waals surface area contributed by atoms with Gasteiger partial charge in [0.2, 0.25) is 0 Å². The van der Waals surface area contributed by atoms with E-state index >= 15 is 0 Å². The first kappa shape index (κ1) is 34.9. The van der Waals surface area contributed by atoms with Gasteiger partial charge in [-0.3, -0.25) is 0 Å². The Balaban J connectivity index is 1.05. The summed E-state index contributed by atoms with van der Waals surface area (Å²) in [6, 6.07) is 75.2. The predicted octanol–water partition coefficient (Wildman–Crippen LogP) is 14.5. The molecule has 1 aliphatic rings. The van der Waals surface area contributed by atoms with Crippen LogP contribution in [0.3, 0.4) is 0 Å². The van der Waals surface area contributed by atoms with Gasteiger partial charge in [0, 0.05) is 27.5 Å². The summed E-state index contributed by atoms with van der Waals surface area (Å²) >= 11 is 0. The predicted molar refractivity (Wildman–Crippen MR) is 254 cm³/mol. The SMILES string of the molecule is c1ccc(-c2cccc(C3=NC(c4ccc(-c5ccc(-c6ccc7ccccc7c6)c6oc7cc8ccccc8cc7c56)c5ccccc45)=NC(c4ccccc4)N3)c2)cc1. The van der Waals surface area contributed by atoms with Gasteiger partial charge in [0.25, 0.3) is 0 Å². The number of hydrogen-bond donors (Lipinski definition) is 1. The highest BCUT2D eigenvalue weighted by Crippen LogP contribution is 2.45. The molecule has 286 valence electrons. The molecule has 0 saturated carbocycles. The summed E-state index contributed by atoms with van der Waals surface area (Å²) in [5.41, 5.74) is 11.5. The van der Waals surface area contributed by atoms with Gasteiger partial charge in [-0.1, -0.05) is 176 Å². The Labute approximate surface area is 352 Å². The Morgan fingerprint density at radius 1 is 0.393 bits per heavy atom. The van der Waals surface area contributed by atoms with Crippen molar-refractivity contribution in [3.05, 3.63) is 229 Å². The van der Waals surface area contributed by atoms with Gasteiger partial charge in [0.15, 0.2) is 5.84 Å². The zero-order chi connectivity index (χ0) is 40.3. The van der Waals surface area contributed by atoms with Crippen molar-refractivity contribution in [1.82, 2.24) is 5.32 Å². The van der Waals surface area contributed by atoms with Crippen LogP contribution >= 0.6 is 0 Å². The highest BCUT2D eigenvalue weighted by molar-refractivity contribution is 6.23. The number of fused-ring (bicyclic) bond motifs is 6. The molecule has 11 aromatic rings. The number of furan rings is 1. The molecule has 0 fully saturated rings. The Hall–Kier alpha value is -8.08. The normalized spacial score (nSPS) is 14.1. The summed E-state index contributed by atoms with van der Waals surface area (Å²) in [7, 11) is 0. The summed E-state index contributed by atoms with van der Waals surface area (Å²) in [6.45, 7) is 0. The van der Waals surface area contributed by atoms with E-state index in [4.69, 9.17) is 14.4 Å². The molecule has 1 aliphatic heterocycles. The van der Waals surface area contributed by atoms with Crippen molar-refractivity contribution in [3.63, 3.8) is 0 Å². The zero-order valence-electron chi connectivity index (χ0n) is 33.1. The molecule has 61 heavy (non-hydrogen) atoms. The minimum absolute atomic E-state index is 0.322. The van der Waals surface area contributed by atoms with E-state index in [0.29, 0.717) is 5.84 Å². The van der Waals surface area contributed by atoms with Crippen LogP contribution in [0.5, 0.6) is 0 Å². The number of hydrogen-bond acceptors (Lipinski definition) is 4. The van der Waals surface area contributed by atoms with Crippen molar-refractivity contribution in [1.29, 1.82) is 0 Å². The maximum Gasteiger partial charge on any atom is 0.160 e. The van der Waals surface area contributed by atoms with Crippen LogP contribution in [-0.2, 0) is 0 Å². The van der Waals surface area contributed by atoms with Crippen molar-refractivity contribution >= 4 is 65.9 Å². The molecule has 1 N–H and O–H groups in total. The number of nitrogens with zero attached hydrogens (tertiary/aromatic N) is 2. The lowest BCUT2D eigenvalue weighted by Crippen LogP contribution is -2.33. The third-order valence-corrected chi connectivity index (χ3v) is 12.1. The minimum Gasteiger partial charge on any atom is -0.455 e. The second kappa shape index (κ2) is 14.3. The molecule has 0 spiro atoms. The van der Waals surface area contributed by atoms with Crippen molar-refractivity contribution < 1.29 is 4.42 Å². The summed E-state index contributed by atoms with van der Waals surface area (Å²) in [6.07, 6.45) is -0.322. The second-order valence-corrected chi connectivity index (χ2v) is 15.7. The largest absolute Gasteiger partial charge is 0.455 e.